The highest BCUT2D eigenvalue weighted by atomic mass is 32.2. The van der Waals surface area contributed by atoms with Crippen molar-refractivity contribution in [2.75, 3.05) is 5.75 Å². The Hall–Kier alpha value is -1.89. The molecule has 2 aliphatic rings. The molecule has 1 unspecified atom stereocenters. The van der Waals surface area contributed by atoms with Gasteiger partial charge in [0.05, 0.1) is 10.6 Å². The summed E-state index contributed by atoms with van der Waals surface area (Å²) in [5.41, 5.74) is 4.07. The summed E-state index contributed by atoms with van der Waals surface area (Å²) < 4.78 is 0. The van der Waals surface area contributed by atoms with Crippen molar-refractivity contribution in [2.24, 2.45) is 11.0 Å². The van der Waals surface area contributed by atoms with Gasteiger partial charge in [-0.2, -0.15) is 5.10 Å². The Kier molecular flexibility index (Phi) is 2.98. The maximum atomic E-state index is 11.4. The molecule has 0 aliphatic carbocycles. The van der Waals surface area contributed by atoms with Crippen LogP contribution in [0.4, 0.5) is 5.69 Å². The number of benzene rings is 1. The third-order valence-corrected chi connectivity index (χ3v) is 4.40. The van der Waals surface area contributed by atoms with E-state index < -0.39 is 4.92 Å². The molecule has 0 fully saturated rings. The van der Waals surface area contributed by atoms with Gasteiger partial charge in [0.1, 0.15) is 0 Å². The van der Waals surface area contributed by atoms with E-state index >= 15 is 0 Å². The number of thioether (sulfide) groups is 1. The van der Waals surface area contributed by atoms with Crippen LogP contribution in [-0.2, 0) is 4.79 Å². The minimum atomic E-state index is -0.410. The fourth-order valence-electron chi connectivity index (χ4n) is 2.37. The van der Waals surface area contributed by atoms with E-state index in [-0.39, 0.29) is 17.5 Å². The number of nitrogens with one attached hydrogen (secondary N) is 1. The Bertz CT molecular complexity index is 600. The average Bonchev–Trinajstić information content (AvgIpc) is 2.56. The second-order valence-electron chi connectivity index (χ2n) is 4.51. The van der Waals surface area contributed by atoms with Gasteiger partial charge in [0.15, 0.2) is 0 Å². The van der Waals surface area contributed by atoms with Crippen LogP contribution >= 0.6 is 11.8 Å². The molecule has 1 atom stereocenters. The highest BCUT2D eigenvalue weighted by molar-refractivity contribution is 7.99. The molecule has 1 amide bonds. The molecule has 3 rings (SSSR count). The summed E-state index contributed by atoms with van der Waals surface area (Å²) in [6, 6.07) is 4.82. The van der Waals surface area contributed by atoms with E-state index in [2.05, 4.69) is 10.5 Å². The number of non-ortho nitro benzene ring substituents is 1. The van der Waals surface area contributed by atoms with Crippen molar-refractivity contribution in [1.29, 1.82) is 0 Å². The van der Waals surface area contributed by atoms with Crippen LogP contribution in [0.15, 0.2) is 28.2 Å². The van der Waals surface area contributed by atoms with Gasteiger partial charge >= 0.3 is 0 Å². The maximum absolute atomic E-state index is 11.4. The molecule has 0 saturated carbocycles. The molecule has 19 heavy (non-hydrogen) atoms. The van der Waals surface area contributed by atoms with Crippen LogP contribution in [0.1, 0.15) is 18.4 Å². The van der Waals surface area contributed by atoms with E-state index in [1.54, 1.807) is 23.9 Å². The molecule has 7 heteroatoms. The average molecular weight is 277 g/mol. The normalized spacial score (nSPS) is 21.6. The van der Waals surface area contributed by atoms with Crippen molar-refractivity contribution in [3.63, 3.8) is 0 Å². The van der Waals surface area contributed by atoms with Gasteiger partial charge in [-0.15, -0.1) is 11.8 Å². The summed E-state index contributed by atoms with van der Waals surface area (Å²) in [5, 5.41) is 15.0. The zero-order valence-corrected chi connectivity index (χ0v) is 10.8. The third kappa shape index (κ3) is 2.21. The highest BCUT2D eigenvalue weighted by Gasteiger charge is 2.30. The summed E-state index contributed by atoms with van der Waals surface area (Å²) in [6.07, 6.45) is 1.26. The summed E-state index contributed by atoms with van der Waals surface area (Å²) in [6.45, 7) is 0. The van der Waals surface area contributed by atoms with E-state index in [1.807, 2.05) is 0 Å². The Morgan fingerprint density at radius 2 is 2.32 bits per heavy atom. The molecule has 0 aromatic heterocycles. The van der Waals surface area contributed by atoms with E-state index in [0.717, 1.165) is 28.3 Å². The lowest BCUT2D eigenvalue weighted by Crippen LogP contribution is -2.33. The van der Waals surface area contributed by atoms with Gasteiger partial charge in [-0.1, -0.05) is 0 Å². The van der Waals surface area contributed by atoms with Gasteiger partial charge < -0.3 is 0 Å². The third-order valence-electron chi connectivity index (χ3n) is 3.29. The van der Waals surface area contributed by atoms with Crippen LogP contribution in [0.25, 0.3) is 0 Å². The van der Waals surface area contributed by atoms with Crippen LogP contribution in [0.3, 0.4) is 0 Å². The van der Waals surface area contributed by atoms with Crippen molar-refractivity contribution in [2.45, 2.75) is 17.7 Å². The largest absolute Gasteiger partial charge is 0.273 e. The van der Waals surface area contributed by atoms with Gasteiger partial charge in [0.2, 0.25) is 5.91 Å². The number of hydrogen-bond acceptors (Lipinski definition) is 5. The standard InChI is InChI=1S/C12H11N3O3S/c16-11-5-7-3-4-19-10-2-1-8(15(17)18)6-9(10)12(7)14-13-11/h1-2,6-7H,3-5H2,(H,13,16). The smallest absolute Gasteiger partial charge is 0.270 e. The molecule has 1 aromatic rings. The zero-order valence-electron chi connectivity index (χ0n) is 9.96. The number of hydrogen-bond donors (Lipinski definition) is 1. The molecule has 2 aliphatic heterocycles. The minimum absolute atomic E-state index is 0.0552. The fourth-order valence-corrected chi connectivity index (χ4v) is 3.47. The Morgan fingerprint density at radius 3 is 3.11 bits per heavy atom. The number of carbonyl (C=O) groups is 1. The first kappa shape index (κ1) is 12.2. The molecule has 2 heterocycles. The van der Waals surface area contributed by atoms with E-state index in [1.165, 1.54) is 6.07 Å². The number of nitro benzene ring substituents is 1. The lowest BCUT2D eigenvalue weighted by atomic mass is 9.90. The second-order valence-corrected chi connectivity index (χ2v) is 5.64. The molecule has 1 aromatic carbocycles. The van der Waals surface area contributed by atoms with E-state index in [0.29, 0.717) is 6.42 Å². The molecular formula is C12H11N3O3S. The van der Waals surface area contributed by atoms with Crippen LogP contribution < -0.4 is 5.43 Å². The van der Waals surface area contributed by atoms with Crippen molar-refractivity contribution in [1.82, 2.24) is 5.43 Å². The van der Waals surface area contributed by atoms with E-state index in [9.17, 15) is 14.9 Å². The van der Waals surface area contributed by atoms with Crippen molar-refractivity contribution in [3.8, 4) is 0 Å². The first-order valence-corrected chi connectivity index (χ1v) is 6.92. The number of hydrazone groups is 1. The number of rotatable bonds is 1. The number of nitrogens with zero attached hydrogens (tertiary/aromatic N) is 2. The topological polar surface area (TPSA) is 84.6 Å². The first-order chi connectivity index (χ1) is 9.15. The molecule has 1 N–H and O–H groups in total. The van der Waals surface area contributed by atoms with Gasteiger partial charge in [-0.05, 0) is 18.2 Å². The van der Waals surface area contributed by atoms with Crippen LogP contribution in [0.2, 0.25) is 0 Å². The monoisotopic (exact) mass is 277 g/mol. The Morgan fingerprint density at radius 1 is 1.47 bits per heavy atom. The summed E-state index contributed by atoms with van der Waals surface area (Å²) in [5.74, 6) is 0.860. The second kappa shape index (κ2) is 4.65. The number of carbonyl (C=O) groups excluding carboxylic acids is 1. The molecular weight excluding hydrogens is 266 g/mol. The Labute approximate surface area is 113 Å². The van der Waals surface area contributed by atoms with E-state index in [4.69, 9.17) is 0 Å². The van der Waals surface area contributed by atoms with Gasteiger partial charge in [0, 0.05) is 34.9 Å². The lowest BCUT2D eigenvalue weighted by molar-refractivity contribution is -0.384. The summed E-state index contributed by atoms with van der Waals surface area (Å²) >= 11 is 1.65. The maximum Gasteiger partial charge on any atom is 0.270 e. The van der Waals surface area contributed by atoms with Crippen molar-refractivity contribution in [3.05, 3.63) is 33.9 Å². The zero-order chi connectivity index (χ0) is 13.4. The van der Waals surface area contributed by atoms with Gasteiger partial charge in [-0.25, -0.2) is 5.43 Å². The van der Waals surface area contributed by atoms with Gasteiger partial charge in [-0.3, -0.25) is 14.9 Å². The molecule has 0 saturated heterocycles. The Balaban J connectivity index is 2.11. The van der Waals surface area contributed by atoms with Crippen molar-refractivity contribution < 1.29 is 9.72 Å². The highest BCUT2D eigenvalue weighted by Crippen LogP contribution is 2.35. The fraction of sp³-hybridized carbons (Fsp3) is 0.333. The summed E-state index contributed by atoms with van der Waals surface area (Å²) in [7, 11) is 0. The number of nitro groups is 1. The number of fused-ring (bicyclic) bond motifs is 3. The van der Waals surface area contributed by atoms with Crippen molar-refractivity contribution >= 4 is 29.1 Å². The van der Waals surface area contributed by atoms with Crippen LogP contribution in [-0.4, -0.2) is 22.3 Å². The number of amides is 1. The van der Waals surface area contributed by atoms with Crippen LogP contribution in [0, 0.1) is 16.0 Å². The summed E-state index contributed by atoms with van der Waals surface area (Å²) in [4.78, 5) is 22.8. The first-order valence-electron chi connectivity index (χ1n) is 5.93. The SMILES string of the molecule is O=C1CC2CCSc3ccc([N+](=O)[O-])cc3C2=NN1. The minimum Gasteiger partial charge on any atom is -0.273 e. The predicted octanol–water partition coefficient (Wildman–Crippen LogP) is 1.93. The molecule has 0 bridgehead atoms. The molecule has 6 nitrogen and oxygen atoms in total. The van der Waals surface area contributed by atoms with Gasteiger partial charge in [0.25, 0.3) is 5.69 Å². The predicted molar refractivity (Wildman–Crippen MR) is 71.2 cm³/mol. The quantitative estimate of drug-likeness (QED) is 0.628. The lowest BCUT2D eigenvalue weighted by Gasteiger charge is -2.20. The molecule has 98 valence electrons. The molecule has 0 spiro atoms. The molecule has 0 radical (unpaired) electrons. The van der Waals surface area contributed by atoms with Crippen LogP contribution in [0.5, 0.6) is 0 Å².